The number of likely N-dealkylation sites (tertiary alicyclic amines) is 1. The fourth-order valence-electron chi connectivity index (χ4n) is 2.38. The standard InChI is InChI=1S/C15H20N2O5S/c1-11(14(18)17-8-3-4-9-17)22-15(19)12-6-5-7-13(10-12)23(20,21)16-2/h5-7,10-11,16H,3-4,8-9H2,1-2H3/t11-/m1/s1. The zero-order chi connectivity index (χ0) is 17.0. The third kappa shape index (κ3) is 4.08. The number of rotatable bonds is 5. The number of esters is 1. The zero-order valence-electron chi connectivity index (χ0n) is 13.1. The van der Waals surface area contributed by atoms with Gasteiger partial charge in [-0.2, -0.15) is 0 Å². The summed E-state index contributed by atoms with van der Waals surface area (Å²) >= 11 is 0. The first-order chi connectivity index (χ1) is 10.8. The molecule has 0 unspecified atom stereocenters. The maximum Gasteiger partial charge on any atom is 0.338 e. The van der Waals surface area contributed by atoms with Gasteiger partial charge < -0.3 is 9.64 Å². The van der Waals surface area contributed by atoms with Crippen LogP contribution in [-0.4, -0.2) is 51.4 Å². The topological polar surface area (TPSA) is 92.8 Å². The number of carbonyl (C=O) groups is 2. The lowest BCUT2D eigenvalue weighted by Crippen LogP contribution is -2.38. The van der Waals surface area contributed by atoms with E-state index in [1.165, 1.54) is 38.2 Å². The maximum absolute atomic E-state index is 12.1. The van der Waals surface area contributed by atoms with Crippen LogP contribution in [0.15, 0.2) is 29.2 Å². The van der Waals surface area contributed by atoms with E-state index in [1.54, 1.807) is 4.90 Å². The minimum Gasteiger partial charge on any atom is -0.449 e. The molecule has 23 heavy (non-hydrogen) atoms. The lowest BCUT2D eigenvalue weighted by Gasteiger charge is -2.20. The third-order valence-corrected chi connectivity index (χ3v) is 5.11. The number of nitrogens with one attached hydrogen (secondary N) is 1. The van der Waals surface area contributed by atoms with E-state index in [9.17, 15) is 18.0 Å². The second-order valence-corrected chi connectivity index (χ2v) is 7.20. The third-order valence-electron chi connectivity index (χ3n) is 3.70. The lowest BCUT2D eigenvalue weighted by molar-refractivity contribution is -0.138. The SMILES string of the molecule is CNS(=O)(=O)c1cccc(C(=O)O[C@H](C)C(=O)N2CCCC2)c1. The highest BCUT2D eigenvalue weighted by Gasteiger charge is 2.26. The molecule has 0 aliphatic carbocycles. The van der Waals surface area contributed by atoms with Crippen molar-refractivity contribution in [1.82, 2.24) is 9.62 Å². The molecule has 1 heterocycles. The normalized spacial score (nSPS) is 16.2. The number of hydrogen-bond acceptors (Lipinski definition) is 5. The van der Waals surface area contributed by atoms with Crippen molar-refractivity contribution < 1.29 is 22.7 Å². The molecule has 1 N–H and O–H groups in total. The van der Waals surface area contributed by atoms with Crippen molar-refractivity contribution in [3.05, 3.63) is 29.8 Å². The van der Waals surface area contributed by atoms with Crippen LogP contribution in [0.3, 0.4) is 0 Å². The Morgan fingerprint density at radius 2 is 1.91 bits per heavy atom. The van der Waals surface area contributed by atoms with Gasteiger partial charge in [0.2, 0.25) is 10.0 Å². The van der Waals surface area contributed by atoms with Crippen LogP contribution in [0.5, 0.6) is 0 Å². The fraction of sp³-hybridized carbons (Fsp3) is 0.467. The Bertz CT molecular complexity index is 696. The van der Waals surface area contributed by atoms with Gasteiger partial charge >= 0.3 is 5.97 Å². The maximum atomic E-state index is 12.1. The molecule has 1 fully saturated rings. The molecule has 0 spiro atoms. The highest BCUT2D eigenvalue weighted by atomic mass is 32.2. The number of nitrogens with zero attached hydrogens (tertiary/aromatic N) is 1. The van der Waals surface area contributed by atoms with Crippen LogP contribution in [0.25, 0.3) is 0 Å². The van der Waals surface area contributed by atoms with E-state index < -0.39 is 22.1 Å². The number of ether oxygens (including phenoxy) is 1. The molecule has 0 radical (unpaired) electrons. The van der Waals surface area contributed by atoms with Crippen molar-refractivity contribution in [2.75, 3.05) is 20.1 Å². The van der Waals surface area contributed by atoms with Gasteiger partial charge in [0.25, 0.3) is 5.91 Å². The summed E-state index contributed by atoms with van der Waals surface area (Å²) in [6, 6.07) is 5.50. The quantitative estimate of drug-likeness (QED) is 0.799. The molecule has 0 aromatic heterocycles. The molecule has 126 valence electrons. The minimum atomic E-state index is -3.65. The Morgan fingerprint density at radius 1 is 1.26 bits per heavy atom. The highest BCUT2D eigenvalue weighted by molar-refractivity contribution is 7.89. The molecule has 7 nitrogen and oxygen atoms in total. The first kappa shape index (κ1) is 17.4. The molecular formula is C15H20N2O5S. The van der Waals surface area contributed by atoms with Crippen LogP contribution in [0.4, 0.5) is 0 Å². The first-order valence-electron chi connectivity index (χ1n) is 7.38. The summed E-state index contributed by atoms with van der Waals surface area (Å²) in [7, 11) is -2.36. The molecule has 1 aliphatic rings. The number of sulfonamides is 1. The molecule has 2 rings (SSSR count). The van der Waals surface area contributed by atoms with Crippen molar-refractivity contribution >= 4 is 21.9 Å². The Labute approximate surface area is 135 Å². The van der Waals surface area contributed by atoms with E-state index in [2.05, 4.69) is 4.72 Å². The summed E-state index contributed by atoms with van der Waals surface area (Å²) in [6.45, 7) is 2.87. The van der Waals surface area contributed by atoms with E-state index in [0.29, 0.717) is 13.1 Å². The summed E-state index contributed by atoms with van der Waals surface area (Å²) in [5.74, 6) is -0.951. The molecule has 1 amide bonds. The largest absolute Gasteiger partial charge is 0.449 e. The van der Waals surface area contributed by atoms with Crippen LogP contribution in [0, 0.1) is 0 Å². The predicted octanol–water partition coefficient (Wildman–Crippen LogP) is 0.762. The van der Waals surface area contributed by atoms with Crippen molar-refractivity contribution in [3.63, 3.8) is 0 Å². The minimum absolute atomic E-state index is 0.0343. The Hall–Kier alpha value is -1.93. The van der Waals surface area contributed by atoms with Gasteiger partial charge in [-0.05, 0) is 45.0 Å². The van der Waals surface area contributed by atoms with Crippen LogP contribution in [0.1, 0.15) is 30.1 Å². The Kier molecular flexibility index (Phi) is 5.38. The van der Waals surface area contributed by atoms with Crippen molar-refractivity contribution in [3.8, 4) is 0 Å². The van der Waals surface area contributed by atoms with Gasteiger partial charge in [-0.1, -0.05) is 6.07 Å². The average molecular weight is 340 g/mol. The van der Waals surface area contributed by atoms with Gasteiger partial charge in [0.1, 0.15) is 0 Å². The van der Waals surface area contributed by atoms with Crippen molar-refractivity contribution in [2.24, 2.45) is 0 Å². The molecular weight excluding hydrogens is 320 g/mol. The van der Waals surface area contributed by atoms with Crippen molar-refractivity contribution in [2.45, 2.75) is 30.8 Å². The number of carbonyl (C=O) groups excluding carboxylic acids is 2. The summed E-state index contributed by atoms with van der Waals surface area (Å²) in [5, 5.41) is 0. The monoisotopic (exact) mass is 340 g/mol. The van der Waals surface area contributed by atoms with Crippen molar-refractivity contribution in [1.29, 1.82) is 0 Å². The van der Waals surface area contributed by atoms with Gasteiger partial charge in [0, 0.05) is 13.1 Å². The molecule has 1 aliphatic heterocycles. The van der Waals surface area contributed by atoms with Crippen LogP contribution < -0.4 is 4.72 Å². The molecule has 1 saturated heterocycles. The molecule has 1 atom stereocenters. The number of hydrogen-bond donors (Lipinski definition) is 1. The molecule has 1 aromatic carbocycles. The second kappa shape index (κ2) is 7.10. The number of benzene rings is 1. The fourth-order valence-corrected chi connectivity index (χ4v) is 3.16. The van der Waals surface area contributed by atoms with E-state index in [1.807, 2.05) is 0 Å². The Morgan fingerprint density at radius 3 is 2.52 bits per heavy atom. The van der Waals surface area contributed by atoms with Crippen LogP contribution in [0.2, 0.25) is 0 Å². The summed E-state index contributed by atoms with van der Waals surface area (Å²) in [4.78, 5) is 25.9. The van der Waals surface area contributed by atoms with E-state index in [-0.39, 0.29) is 16.4 Å². The van der Waals surface area contributed by atoms with Crippen LogP contribution in [-0.2, 0) is 19.6 Å². The average Bonchev–Trinajstić information content (AvgIpc) is 3.08. The van der Waals surface area contributed by atoms with Gasteiger partial charge in [-0.3, -0.25) is 4.79 Å². The summed E-state index contributed by atoms with van der Waals surface area (Å²) < 4.78 is 30.9. The molecule has 0 bridgehead atoms. The van der Waals surface area contributed by atoms with E-state index in [0.717, 1.165) is 12.8 Å². The molecule has 0 saturated carbocycles. The highest BCUT2D eigenvalue weighted by Crippen LogP contribution is 2.15. The smallest absolute Gasteiger partial charge is 0.338 e. The lowest BCUT2D eigenvalue weighted by atomic mass is 10.2. The van der Waals surface area contributed by atoms with Gasteiger partial charge in [-0.25, -0.2) is 17.9 Å². The molecule has 1 aromatic rings. The first-order valence-corrected chi connectivity index (χ1v) is 8.87. The summed E-state index contributed by atoms with van der Waals surface area (Å²) in [6.07, 6.45) is 1.01. The molecule has 8 heteroatoms. The van der Waals surface area contributed by atoms with Crippen LogP contribution >= 0.6 is 0 Å². The second-order valence-electron chi connectivity index (χ2n) is 5.32. The Balaban J connectivity index is 2.08. The summed E-state index contributed by atoms with van der Waals surface area (Å²) in [5.41, 5.74) is 0.0856. The zero-order valence-corrected chi connectivity index (χ0v) is 13.9. The number of amides is 1. The van der Waals surface area contributed by atoms with E-state index >= 15 is 0 Å². The van der Waals surface area contributed by atoms with E-state index in [4.69, 9.17) is 4.74 Å². The van der Waals surface area contributed by atoms with Gasteiger partial charge in [-0.15, -0.1) is 0 Å². The predicted molar refractivity (Wildman–Crippen MR) is 83.4 cm³/mol. The van der Waals surface area contributed by atoms with Gasteiger partial charge in [0.05, 0.1) is 10.5 Å². The van der Waals surface area contributed by atoms with Gasteiger partial charge in [0.15, 0.2) is 6.10 Å².